The zero-order valence-corrected chi connectivity index (χ0v) is 17.5. The minimum Gasteiger partial charge on any atom is -0.324 e. The van der Waals surface area contributed by atoms with Crippen molar-refractivity contribution in [1.82, 2.24) is 4.90 Å². The van der Waals surface area contributed by atoms with Crippen molar-refractivity contribution in [3.05, 3.63) is 54.1 Å². The Morgan fingerprint density at radius 3 is 2.71 bits per heavy atom. The number of para-hydroxylation sites is 2. The quantitative estimate of drug-likeness (QED) is 0.764. The summed E-state index contributed by atoms with van der Waals surface area (Å²) >= 11 is 0. The molecule has 7 nitrogen and oxygen atoms in total. The molecule has 9 heteroatoms. The second kappa shape index (κ2) is 9.22. The van der Waals surface area contributed by atoms with Gasteiger partial charge in [0.2, 0.25) is 17.7 Å². The Kier molecular flexibility index (Phi) is 6.65. The van der Waals surface area contributed by atoms with Gasteiger partial charge in [0, 0.05) is 18.5 Å². The normalized spacial score (nSPS) is 16.9. The summed E-state index contributed by atoms with van der Waals surface area (Å²) in [6.07, 6.45) is 0.138. The summed E-state index contributed by atoms with van der Waals surface area (Å²) in [7, 11) is 1.59. The number of hydrogen-bond donors (Lipinski definition) is 2. The molecule has 0 bridgehead atoms. The number of halogens is 2. The molecule has 164 valence electrons. The number of nitrogens with one attached hydrogen (secondary N) is 2. The second-order valence-electron chi connectivity index (χ2n) is 7.59. The summed E-state index contributed by atoms with van der Waals surface area (Å²) in [5, 5.41) is 5.14. The molecule has 2 atom stereocenters. The van der Waals surface area contributed by atoms with Crippen LogP contribution in [0, 0.1) is 11.6 Å². The first-order valence-electron chi connectivity index (χ1n) is 9.84. The van der Waals surface area contributed by atoms with Crippen molar-refractivity contribution in [1.29, 1.82) is 0 Å². The van der Waals surface area contributed by atoms with Crippen molar-refractivity contribution >= 4 is 34.8 Å². The maximum Gasteiger partial charge on any atom is 0.241 e. The third-order valence-corrected chi connectivity index (χ3v) is 5.24. The Morgan fingerprint density at radius 2 is 1.97 bits per heavy atom. The first-order chi connectivity index (χ1) is 14.7. The summed E-state index contributed by atoms with van der Waals surface area (Å²) in [5.41, 5.74) is 0.856. The monoisotopic (exact) mass is 430 g/mol. The molecule has 0 aromatic heterocycles. The molecule has 2 N–H and O–H groups in total. The number of amides is 3. The molecule has 3 rings (SSSR count). The first-order valence-corrected chi connectivity index (χ1v) is 9.84. The molecule has 0 spiro atoms. The molecule has 0 fully saturated rings. The van der Waals surface area contributed by atoms with Crippen molar-refractivity contribution in [3.63, 3.8) is 0 Å². The van der Waals surface area contributed by atoms with Crippen molar-refractivity contribution in [3.8, 4) is 0 Å². The van der Waals surface area contributed by atoms with Crippen LogP contribution >= 0.6 is 0 Å². The second-order valence-corrected chi connectivity index (χ2v) is 7.59. The number of anilines is 3. The summed E-state index contributed by atoms with van der Waals surface area (Å²) in [6.45, 7) is 3.22. The summed E-state index contributed by atoms with van der Waals surface area (Å²) in [6, 6.07) is 8.61. The molecule has 1 aliphatic heterocycles. The minimum atomic E-state index is -0.802. The zero-order valence-electron chi connectivity index (χ0n) is 17.5. The lowest BCUT2D eigenvalue weighted by Gasteiger charge is -2.31. The lowest BCUT2D eigenvalue weighted by Crippen LogP contribution is -2.48. The van der Waals surface area contributed by atoms with E-state index in [1.807, 2.05) is 0 Å². The van der Waals surface area contributed by atoms with Crippen molar-refractivity contribution in [2.24, 2.45) is 0 Å². The van der Waals surface area contributed by atoms with E-state index in [-0.39, 0.29) is 36.5 Å². The molecule has 3 amide bonds. The van der Waals surface area contributed by atoms with Crippen LogP contribution in [0.3, 0.4) is 0 Å². The van der Waals surface area contributed by atoms with E-state index in [1.165, 1.54) is 4.90 Å². The van der Waals surface area contributed by atoms with Gasteiger partial charge in [0.05, 0.1) is 29.6 Å². The highest BCUT2D eigenvalue weighted by atomic mass is 19.1. The molecule has 31 heavy (non-hydrogen) atoms. The molecule has 0 saturated carbocycles. The smallest absolute Gasteiger partial charge is 0.241 e. The van der Waals surface area contributed by atoms with E-state index in [2.05, 4.69) is 10.6 Å². The van der Waals surface area contributed by atoms with Crippen molar-refractivity contribution in [2.45, 2.75) is 32.4 Å². The van der Waals surface area contributed by atoms with Crippen LogP contribution in [-0.4, -0.2) is 48.3 Å². The Bertz CT molecular complexity index is 1010. The van der Waals surface area contributed by atoms with Crippen LogP contribution in [0.25, 0.3) is 0 Å². The molecular weight excluding hydrogens is 406 g/mol. The van der Waals surface area contributed by atoms with Gasteiger partial charge < -0.3 is 15.5 Å². The van der Waals surface area contributed by atoms with Gasteiger partial charge in [0.25, 0.3) is 0 Å². The van der Waals surface area contributed by atoms with Gasteiger partial charge in [-0.2, -0.15) is 0 Å². The fourth-order valence-electron chi connectivity index (χ4n) is 3.42. The van der Waals surface area contributed by atoms with E-state index in [1.54, 1.807) is 50.1 Å². The Labute approximate surface area is 179 Å². The number of nitrogens with zero attached hydrogens (tertiary/aromatic N) is 2. The van der Waals surface area contributed by atoms with Crippen LogP contribution in [0.4, 0.5) is 25.8 Å². The van der Waals surface area contributed by atoms with Gasteiger partial charge >= 0.3 is 0 Å². The molecule has 2 aromatic rings. The van der Waals surface area contributed by atoms with Gasteiger partial charge in [-0.25, -0.2) is 8.78 Å². The molecular formula is C22H24F2N4O3. The standard InChI is InChI=1S/C22H24F2N4O3/c1-13-10-20(29)25-17-6-4-5-7-19(17)28(13)21(30)12-27(3)14(2)22(31)26-18-11-15(23)8-9-16(18)24/h4-9,11,13-14H,10,12H2,1-3H3,(H,25,29)(H,26,31)/t13-,14+/m0/s1. The van der Waals surface area contributed by atoms with Gasteiger partial charge in [-0.1, -0.05) is 12.1 Å². The predicted molar refractivity (Wildman–Crippen MR) is 114 cm³/mol. The van der Waals surface area contributed by atoms with Crippen molar-refractivity contribution in [2.75, 3.05) is 29.1 Å². The largest absolute Gasteiger partial charge is 0.324 e. The van der Waals surface area contributed by atoms with Crippen LogP contribution < -0.4 is 15.5 Å². The number of carbonyl (C=O) groups is 3. The SMILES string of the molecule is C[C@H](C(=O)Nc1cc(F)ccc1F)N(C)CC(=O)N1c2ccccc2NC(=O)C[C@@H]1C. The van der Waals surface area contributed by atoms with E-state index < -0.39 is 23.6 Å². The zero-order chi connectivity index (χ0) is 22.7. The van der Waals surface area contributed by atoms with Crippen molar-refractivity contribution < 1.29 is 23.2 Å². The number of fused-ring (bicyclic) bond motifs is 1. The van der Waals surface area contributed by atoms with Crippen LogP contribution in [0.15, 0.2) is 42.5 Å². The number of carbonyl (C=O) groups excluding carboxylic acids is 3. The van der Waals surface area contributed by atoms with Crippen LogP contribution in [0.2, 0.25) is 0 Å². The van der Waals surface area contributed by atoms with Crippen LogP contribution in [0.1, 0.15) is 20.3 Å². The first kappa shape index (κ1) is 22.4. The van der Waals surface area contributed by atoms with Crippen LogP contribution in [0.5, 0.6) is 0 Å². The molecule has 2 aromatic carbocycles. The van der Waals surface area contributed by atoms with Gasteiger partial charge in [-0.3, -0.25) is 19.3 Å². The highest BCUT2D eigenvalue weighted by molar-refractivity contribution is 6.05. The minimum absolute atomic E-state index is 0.118. The lowest BCUT2D eigenvalue weighted by molar-refractivity contribution is -0.123. The van der Waals surface area contributed by atoms with Crippen LogP contribution in [-0.2, 0) is 14.4 Å². The van der Waals surface area contributed by atoms with E-state index in [0.29, 0.717) is 11.4 Å². The van der Waals surface area contributed by atoms with E-state index in [0.717, 1.165) is 18.2 Å². The molecule has 0 aliphatic carbocycles. The summed E-state index contributed by atoms with van der Waals surface area (Å²) in [5.74, 6) is -2.50. The fourth-order valence-corrected chi connectivity index (χ4v) is 3.42. The Balaban J connectivity index is 1.72. The topological polar surface area (TPSA) is 81.8 Å². The highest BCUT2D eigenvalue weighted by Crippen LogP contribution is 2.31. The maximum atomic E-state index is 13.8. The Hall–Kier alpha value is -3.33. The number of hydrogen-bond acceptors (Lipinski definition) is 4. The third-order valence-electron chi connectivity index (χ3n) is 5.24. The predicted octanol–water partition coefficient (Wildman–Crippen LogP) is 2.99. The number of rotatable bonds is 5. The van der Waals surface area contributed by atoms with E-state index in [4.69, 9.17) is 0 Å². The summed E-state index contributed by atoms with van der Waals surface area (Å²) in [4.78, 5) is 40.8. The molecule has 1 heterocycles. The van der Waals surface area contributed by atoms with Gasteiger partial charge in [0.1, 0.15) is 11.6 Å². The average molecular weight is 430 g/mol. The molecule has 0 saturated heterocycles. The van der Waals surface area contributed by atoms with E-state index >= 15 is 0 Å². The number of likely N-dealkylation sites (N-methyl/N-ethyl adjacent to an activating group) is 1. The van der Waals surface area contributed by atoms with E-state index in [9.17, 15) is 23.2 Å². The molecule has 0 unspecified atom stereocenters. The number of benzene rings is 2. The molecule has 1 aliphatic rings. The average Bonchev–Trinajstić information content (AvgIpc) is 2.84. The van der Waals surface area contributed by atoms with Gasteiger partial charge in [-0.05, 0) is 45.2 Å². The maximum absolute atomic E-state index is 13.8. The molecule has 0 radical (unpaired) electrons. The van der Waals surface area contributed by atoms with Gasteiger partial charge in [-0.15, -0.1) is 0 Å². The summed E-state index contributed by atoms with van der Waals surface area (Å²) < 4.78 is 27.2. The lowest BCUT2D eigenvalue weighted by atomic mass is 10.1. The van der Waals surface area contributed by atoms with Gasteiger partial charge in [0.15, 0.2) is 0 Å². The third kappa shape index (κ3) is 5.05. The Morgan fingerprint density at radius 1 is 1.26 bits per heavy atom. The highest BCUT2D eigenvalue weighted by Gasteiger charge is 2.31. The fraction of sp³-hybridized carbons (Fsp3) is 0.318.